The fraction of sp³-hybridized carbons (Fsp3) is 0.267. The molecule has 0 unspecified atom stereocenters. The maximum absolute atomic E-state index is 9.90. The summed E-state index contributed by atoms with van der Waals surface area (Å²) in [6.45, 7) is 3.81. The van der Waals surface area contributed by atoms with E-state index in [9.17, 15) is 5.11 Å². The van der Waals surface area contributed by atoms with Crippen LogP contribution in [0.25, 0.3) is 11.8 Å². The number of nitrogens with zero attached hydrogens (tertiary/aromatic N) is 1. The van der Waals surface area contributed by atoms with Gasteiger partial charge in [0, 0.05) is 37.4 Å². The zero-order valence-electron chi connectivity index (χ0n) is 19.1. The van der Waals surface area contributed by atoms with Crippen molar-refractivity contribution >= 4 is 11.8 Å². The molecule has 2 N–H and O–H groups in total. The third kappa shape index (κ3) is 5.55. The van der Waals surface area contributed by atoms with Crippen molar-refractivity contribution in [1.82, 2.24) is 10.2 Å². The van der Waals surface area contributed by atoms with Crippen LogP contribution in [0, 0.1) is 0 Å². The Morgan fingerprint density at radius 2 is 1.73 bits per heavy atom. The molecule has 3 aromatic carbocycles. The molecule has 0 aromatic heterocycles. The van der Waals surface area contributed by atoms with E-state index >= 15 is 0 Å². The highest BCUT2D eigenvalue weighted by atomic mass is 16.3. The highest BCUT2D eigenvalue weighted by molar-refractivity contribution is 5.72. The highest BCUT2D eigenvalue weighted by Crippen LogP contribution is 2.36. The number of phenolic OH excluding ortho intramolecular Hbond substituents is 1. The predicted molar refractivity (Wildman–Crippen MR) is 137 cm³/mol. The smallest absolute Gasteiger partial charge is 0.115 e. The van der Waals surface area contributed by atoms with Gasteiger partial charge < -0.3 is 10.4 Å². The van der Waals surface area contributed by atoms with Gasteiger partial charge in [0.15, 0.2) is 0 Å². The highest BCUT2D eigenvalue weighted by Gasteiger charge is 2.22. The first-order valence-electron chi connectivity index (χ1n) is 12.0. The largest absolute Gasteiger partial charge is 0.508 e. The Balaban J connectivity index is 1.25. The molecule has 0 atom stereocenters. The number of hydrogen-bond acceptors (Lipinski definition) is 3. The van der Waals surface area contributed by atoms with E-state index in [1.807, 2.05) is 6.07 Å². The summed E-state index contributed by atoms with van der Waals surface area (Å²) < 4.78 is 0. The van der Waals surface area contributed by atoms with Crippen LogP contribution in [-0.4, -0.2) is 23.1 Å². The van der Waals surface area contributed by atoms with Crippen LogP contribution in [0.15, 0.2) is 84.4 Å². The van der Waals surface area contributed by atoms with Crippen molar-refractivity contribution in [3.63, 3.8) is 0 Å². The lowest BCUT2D eigenvalue weighted by molar-refractivity contribution is 0.245. The van der Waals surface area contributed by atoms with Gasteiger partial charge in [0.1, 0.15) is 5.75 Å². The molecule has 1 aliphatic heterocycles. The van der Waals surface area contributed by atoms with Crippen LogP contribution in [0.2, 0.25) is 0 Å². The minimum atomic E-state index is 0.363. The van der Waals surface area contributed by atoms with Crippen molar-refractivity contribution in [2.24, 2.45) is 0 Å². The first-order valence-corrected chi connectivity index (χ1v) is 12.0. The minimum absolute atomic E-state index is 0.363. The summed E-state index contributed by atoms with van der Waals surface area (Å²) in [6.07, 6.45) is 8.90. The van der Waals surface area contributed by atoms with Crippen LogP contribution in [0.5, 0.6) is 5.75 Å². The van der Waals surface area contributed by atoms with E-state index < -0.39 is 0 Å². The molecule has 1 heterocycles. The Morgan fingerprint density at radius 1 is 0.909 bits per heavy atom. The molecule has 2 aliphatic rings. The Bertz CT molecular complexity index is 1160. The number of aromatic hydroxyl groups is 1. The van der Waals surface area contributed by atoms with Crippen molar-refractivity contribution in [3.8, 4) is 5.75 Å². The summed E-state index contributed by atoms with van der Waals surface area (Å²) in [6, 6.07) is 25.1. The average molecular weight is 437 g/mol. The molecular weight excluding hydrogens is 404 g/mol. The molecule has 33 heavy (non-hydrogen) atoms. The van der Waals surface area contributed by atoms with E-state index in [4.69, 9.17) is 0 Å². The SMILES string of the molecule is Oc1ccc2c(c1)CN(Cc1ccccc1C(NCC/C=C/c1ccccc1)=C1CC1)CC2. The van der Waals surface area contributed by atoms with Crippen molar-refractivity contribution in [3.05, 3.63) is 112 Å². The van der Waals surface area contributed by atoms with Crippen LogP contribution in [0.3, 0.4) is 0 Å². The van der Waals surface area contributed by atoms with Gasteiger partial charge in [-0.1, -0.05) is 72.8 Å². The molecule has 1 saturated carbocycles. The number of allylic oxidation sites excluding steroid dienone is 1. The van der Waals surface area contributed by atoms with E-state index in [1.165, 1.54) is 46.4 Å². The van der Waals surface area contributed by atoms with E-state index in [0.717, 1.165) is 39.0 Å². The fourth-order valence-electron chi connectivity index (χ4n) is 4.67. The summed E-state index contributed by atoms with van der Waals surface area (Å²) in [5.41, 5.74) is 9.48. The molecule has 0 radical (unpaired) electrons. The second kappa shape index (κ2) is 10.1. The summed E-state index contributed by atoms with van der Waals surface area (Å²) >= 11 is 0. The van der Waals surface area contributed by atoms with Gasteiger partial charge >= 0.3 is 0 Å². The molecule has 0 bridgehead atoms. The van der Waals surface area contributed by atoms with E-state index in [0.29, 0.717) is 5.75 Å². The van der Waals surface area contributed by atoms with Gasteiger partial charge in [-0.2, -0.15) is 0 Å². The van der Waals surface area contributed by atoms with Crippen LogP contribution >= 0.6 is 0 Å². The molecule has 168 valence electrons. The van der Waals surface area contributed by atoms with Crippen LogP contribution in [0.1, 0.15) is 47.1 Å². The lowest BCUT2D eigenvalue weighted by Crippen LogP contribution is -2.30. The normalized spacial score (nSPS) is 15.5. The Kier molecular flexibility index (Phi) is 6.59. The summed E-state index contributed by atoms with van der Waals surface area (Å²) in [5.74, 6) is 0.363. The summed E-state index contributed by atoms with van der Waals surface area (Å²) in [4.78, 5) is 2.50. The molecule has 0 saturated heterocycles. The quantitative estimate of drug-likeness (QED) is 0.416. The number of phenols is 1. The van der Waals surface area contributed by atoms with E-state index in [-0.39, 0.29) is 0 Å². The van der Waals surface area contributed by atoms with Crippen LogP contribution in [0.4, 0.5) is 0 Å². The second-order valence-corrected chi connectivity index (χ2v) is 9.08. The third-order valence-corrected chi connectivity index (χ3v) is 6.54. The van der Waals surface area contributed by atoms with E-state index in [2.05, 4.69) is 83.0 Å². The fourth-order valence-corrected chi connectivity index (χ4v) is 4.67. The number of rotatable bonds is 8. The average Bonchev–Trinajstić information content (AvgIpc) is 3.68. The maximum Gasteiger partial charge on any atom is 0.115 e. The van der Waals surface area contributed by atoms with Crippen molar-refractivity contribution in [2.45, 2.75) is 38.8 Å². The number of benzene rings is 3. The summed E-state index contributed by atoms with van der Waals surface area (Å²) in [5, 5.41) is 13.7. The molecule has 0 spiro atoms. The Labute approximate surface area is 197 Å². The first kappa shape index (κ1) is 21.5. The molecule has 1 fully saturated rings. The van der Waals surface area contributed by atoms with E-state index in [1.54, 1.807) is 11.6 Å². The second-order valence-electron chi connectivity index (χ2n) is 9.08. The lowest BCUT2D eigenvalue weighted by atomic mass is 9.97. The first-order chi connectivity index (χ1) is 16.3. The standard InChI is InChI=1S/C30H32N2O/c33-28-16-15-24-17-19-32(22-27(24)20-28)21-26-11-4-5-12-29(26)30(25-13-14-25)31-18-7-6-10-23-8-2-1-3-9-23/h1-6,8-12,15-16,20,31,33H,7,13-14,17-19,21-22H2/b10-6+. The Hall–Kier alpha value is -3.30. The van der Waals surface area contributed by atoms with Gasteiger partial charge in [-0.15, -0.1) is 0 Å². The molecular formula is C30H32N2O. The molecule has 3 nitrogen and oxygen atoms in total. The van der Waals surface area contributed by atoms with Crippen LogP contribution in [-0.2, 0) is 19.5 Å². The van der Waals surface area contributed by atoms with Gasteiger partial charge in [0.2, 0.25) is 0 Å². The van der Waals surface area contributed by atoms with Gasteiger partial charge in [-0.05, 0) is 65.6 Å². The van der Waals surface area contributed by atoms with Gasteiger partial charge in [-0.25, -0.2) is 0 Å². The maximum atomic E-state index is 9.90. The number of fused-ring (bicyclic) bond motifs is 1. The molecule has 3 aromatic rings. The summed E-state index contributed by atoms with van der Waals surface area (Å²) in [7, 11) is 0. The Morgan fingerprint density at radius 3 is 2.58 bits per heavy atom. The zero-order chi connectivity index (χ0) is 22.5. The number of nitrogens with one attached hydrogen (secondary N) is 1. The topological polar surface area (TPSA) is 35.5 Å². The van der Waals surface area contributed by atoms with Gasteiger partial charge in [-0.3, -0.25) is 4.90 Å². The molecule has 1 aliphatic carbocycles. The molecule has 3 heteroatoms. The number of hydrogen-bond donors (Lipinski definition) is 2. The molecule has 5 rings (SSSR count). The monoisotopic (exact) mass is 436 g/mol. The lowest BCUT2D eigenvalue weighted by Gasteiger charge is -2.29. The third-order valence-electron chi connectivity index (χ3n) is 6.54. The molecule has 0 amide bonds. The predicted octanol–water partition coefficient (Wildman–Crippen LogP) is 6.15. The van der Waals surface area contributed by atoms with Gasteiger partial charge in [0.05, 0.1) is 0 Å². The van der Waals surface area contributed by atoms with Crippen molar-refractivity contribution in [1.29, 1.82) is 0 Å². The van der Waals surface area contributed by atoms with Gasteiger partial charge in [0.25, 0.3) is 0 Å². The van der Waals surface area contributed by atoms with Crippen molar-refractivity contribution in [2.75, 3.05) is 13.1 Å². The van der Waals surface area contributed by atoms with Crippen LogP contribution < -0.4 is 5.32 Å². The van der Waals surface area contributed by atoms with Crippen molar-refractivity contribution < 1.29 is 5.11 Å². The zero-order valence-corrected chi connectivity index (χ0v) is 19.1. The minimum Gasteiger partial charge on any atom is -0.508 e.